The topological polar surface area (TPSA) is 12.9 Å². The largest absolute Gasteiger partial charge is 0.246 e. The van der Waals surface area contributed by atoms with Crippen molar-refractivity contribution in [3.8, 4) is 0 Å². The molecule has 0 atom stereocenters. The van der Waals surface area contributed by atoms with E-state index in [-0.39, 0.29) is 0 Å². The Morgan fingerprint density at radius 1 is 1.19 bits per heavy atom. The van der Waals surface area contributed by atoms with E-state index in [1.54, 1.807) is 11.3 Å². The average molecular weight is 343 g/mol. The van der Waals surface area contributed by atoms with Crippen LogP contribution in [0.5, 0.6) is 0 Å². The number of nitrogens with zero attached hydrogens (tertiary/aromatic N) is 1. The van der Waals surface area contributed by atoms with E-state index in [9.17, 15) is 0 Å². The van der Waals surface area contributed by atoms with Crippen LogP contribution in [0.2, 0.25) is 0 Å². The maximum Gasteiger partial charge on any atom is 0.0897 e. The third-order valence-electron chi connectivity index (χ3n) is 2.66. The first-order valence-corrected chi connectivity index (χ1v) is 7.18. The Bertz CT molecular complexity index is 517. The van der Waals surface area contributed by atoms with Gasteiger partial charge in [-0.3, -0.25) is 0 Å². The summed E-state index contributed by atoms with van der Waals surface area (Å²) in [5.41, 5.74) is 5.29. The molecule has 3 heteroatoms. The lowest BCUT2D eigenvalue weighted by Crippen LogP contribution is -1.95. The Kier molecular flexibility index (Phi) is 3.64. The molecule has 1 heterocycles. The first-order chi connectivity index (χ1) is 7.56. The molecule has 0 aliphatic carbocycles. The minimum Gasteiger partial charge on any atom is -0.246 e. The quantitative estimate of drug-likeness (QED) is 0.743. The summed E-state index contributed by atoms with van der Waals surface area (Å²) in [6, 6.07) is 4.54. The van der Waals surface area contributed by atoms with Gasteiger partial charge in [0, 0.05) is 15.4 Å². The first-order valence-electron chi connectivity index (χ1n) is 5.23. The summed E-state index contributed by atoms with van der Waals surface area (Å²) in [6.07, 6.45) is 0.952. The molecule has 2 aromatic rings. The van der Waals surface area contributed by atoms with E-state index in [1.807, 2.05) is 0 Å². The molecule has 1 nitrogen and oxygen atoms in total. The van der Waals surface area contributed by atoms with Gasteiger partial charge >= 0.3 is 0 Å². The summed E-state index contributed by atoms with van der Waals surface area (Å²) >= 11 is 4.11. The van der Waals surface area contributed by atoms with Crippen LogP contribution in [-0.4, -0.2) is 4.98 Å². The van der Waals surface area contributed by atoms with Gasteiger partial charge in [0.2, 0.25) is 0 Å². The third-order valence-corrected chi connectivity index (χ3v) is 4.64. The fourth-order valence-electron chi connectivity index (χ4n) is 1.72. The normalized spacial score (nSPS) is 10.8. The number of thiazole rings is 1. The standard InChI is InChI=1S/C13H14INS/c1-8-5-13(14)9(2)4-11(8)6-12-7-16-10(3)15-12/h4-5,7H,6H2,1-3H3. The molecule has 0 saturated carbocycles. The summed E-state index contributed by atoms with van der Waals surface area (Å²) in [4.78, 5) is 4.52. The summed E-state index contributed by atoms with van der Waals surface area (Å²) < 4.78 is 1.34. The van der Waals surface area contributed by atoms with Crippen molar-refractivity contribution in [2.75, 3.05) is 0 Å². The maximum atomic E-state index is 4.52. The zero-order valence-electron chi connectivity index (χ0n) is 9.67. The molecule has 0 aliphatic rings. The zero-order valence-corrected chi connectivity index (χ0v) is 12.6. The van der Waals surface area contributed by atoms with Crippen LogP contribution < -0.4 is 0 Å². The van der Waals surface area contributed by atoms with E-state index in [1.165, 1.54) is 26.0 Å². The van der Waals surface area contributed by atoms with Crippen molar-refractivity contribution >= 4 is 33.9 Å². The van der Waals surface area contributed by atoms with E-state index >= 15 is 0 Å². The van der Waals surface area contributed by atoms with Gasteiger partial charge < -0.3 is 0 Å². The molecule has 0 spiro atoms. The van der Waals surface area contributed by atoms with Gasteiger partial charge in [-0.25, -0.2) is 4.98 Å². The highest BCUT2D eigenvalue weighted by Crippen LogP contribution is 2.21. The van der Waals surface area contributed by atoms with Crippen LogP contribution in [0.1, 0.15) is 27.4 Å². The van der Waals surface area contributed by atoms with E-state index in [4.69, 9.17) is 0 Å². The summed E-state index contributed by atoms with van der Waals surface area (Å²) in [6.45, 7) is 6.40. The second kappa shape index (κ2) is 4.84. The Balaban J connectivity index is 2.31. The fraction of sp³-hybridized carbons (Fsp3) is 0.308. The van der Waals surface area contributed by atoms with Crippen LogP contribution in [0, 0.1) is 24.3 Å². The number of benzene rings is 1. The molecule has 16 heavy (non-hydrogen) atoms. The highest BCUT2D eigenvalue weighted by atomic mass is 127. The van der Waals surface area contributed by atoms with E-state index in [2.05, 4.69) is 65.9 Å². The van der Waals surface area contributed by atoms with Gasteiger partial charge in [0.15, 0.2) is 0 Å². The van der Waals surface area contributed by atoms with Crippen LogP contribution in [-0.2, 0) is 6.42 Å². The molecule has 0 bridgehead atoms. The molecule has 2 rings (SSSR count). The second-order valence-corrected chi connectivity index (χ2v) is 6.29. The van der Waals surface area contributed by atoms with Crippen molar-refractivity contribution in [3.05, 3.63) is 48.5 Å². The molecule has 0 aliphatic heterocycles. The summed E-state index contributed by atoms with van der Waals surface area (Å²) in [5.74, 6) is 0. The minimum absolute atomic E-state index is 0.952. The third kappa shape index (κ3) is 2.63. The van der Waals surface area contributed by atoms with Gasteiger partial charge in [-0.15, -0.1) is 11.3 Å². The first kappa shape index (κ1) is 12.0. The van der Waals surface area contributed by atoms with E-state index < -0.39 is 0 Å². The molecule has 0 unspecified atom stereocenters. The molecular weight excluding hydrogens is 329 g/mol. The van der Waals surface area contributed by atoms with Crippen LogP contribution in [0.3, 0.4) is 0 Å². The van der Waals surface area contributed by atoms with Crippen molar-refractivity contribution in [1.29, 1.82) is 0 Å². The molecule has 0 amide bonds. The molecule has 0 N–H and O–H groups in total. The summed E-state index contributed by atoms with van der Waals surface area (Å²) in [5, 5.41) is 3.30. The van der Waals surface area contributed by atoms with Gasteiger partial charge in [-0.05, 0) is 66.1 Å². The number of halogens is 1. The molecule has 0 fully saturated rings. The van der Waals surface area contributed by atoms with Crippen molar-refractivity contribution in [2.24, 2.45) is 0 Å². The Labute approximate surface area is 114 Å². The van der Waals surface area contributed by atoms with Gasteiger partial charge in [-0.1, -0.05) is 6.07 Å². The van der Waals surface area contributed by atoms with Gasteiger partial charge in [0.05, 0.1) is 10.7 Å². The van der Waals surface area contributed by atoms with Crippen molar-refractivity contribution in [1.82, 2.24) is 4.98 Å². The second-order valence-electron chi connectivity index (χ2n) is 4.06. The fourth-order valence-corrected chi connectivity index (χ4v) is 2.95. The zero-order chi connectivity index (χ0) is 11.7. The van der Waals surface area contributed by atoms with Gasteiger partial charge in [0.1, 0.15) is 0 Å². The number of hydrogen-bond acceptors (Lipinski definition) is 2. The van der Waals surface area contributed by atoms with Crippen molar-refractivity contribution < 1.29 is 0 Å². The van der Waals surface area contributed by atoms with Gasteiger partial charge in [0.25, 0.3) is 0 Å². The highest BCUT2D eigenvalue weighted by Gasteiger charge is 2.05. The van der Waals surface area contributed by atoms with Gasteiger partial charge in [-0.2, -0.15) is 0 Å². The smallest absolute Gasteiger partial charge is 0.0897 e. The number of rotatable bonds is 2. The Morgan fingerprint density at radius 3 is 2.56 bits per heavy atom. The number of aromatic nitrogens is 1. The maximum absolute atomic E-state index is 4.52. The molecule has 84 valence electrons. The molecular formula is C13H14INS. The lowest BCUT2D eigenvalue weighted by molar-refractivity contribution is 1.06. The van der Waals surface area contributed by atoms with E-state index in [0.717, 1.165) is 11.4 Å². The predicted molar refractivity (Wildman–Crippen MR) is 78.3 cm³/mol. The molecule has 0 radical (unpaired) electrons. The molecule has 1 aromatic heterocycles. The van der Waals surface area contributed by atoms with Crippen LogP contribution in [0.4, 0.5) is 0 Å². The van der Waals surface area contributed by atoms with Crippen LogP contribution in [0.25, 0.3) is 0 Å². The lowest BCUT2D eigenvalue weighted by Gasteiger charge is -2.07. The van der Waals surface area contributed by atoms with E-state index in [0.29, 0.717) is 0 Å². The molecule has 0 saturated heterocycles. The number of aryl methyl sites for hydroxylation is 3. The Morgan fingerprint density at radius 2 is 1.94 bits per heavy atom. The molecule has 1 aromatic carbocycles. The SMILES string of the molecule is Cc1nc(Cc2cc(C)c(I)cc2C)cs1. The minimum atomic E-state index is 0.952. The van der Waals surface area contributed by atoms with Crippen LogP contribution >= 0.6 is 33.9 Å². The predicted octanol–water partition coefficient (Wildman–Crippen LogP) is 4.26. The number of hydrogen-bond donors (Lipinski definition) is 0. The lowest BCUT2D eigenvalue weighted by atomic mass is 10.0. The summed E-state index contributed by atoms with van der Waals surface area (Å²) in [7, 11) is 0. The Hall–Kier alpha value is -0.420. The van der Waals surface area contributed by atoms with Crippen LogP contribution in [0.15, 0.2) is 17.5 Å². The highest BCUT2D eigenvalue weighted by molar-refractivity contribution is 14.1. The van der Waals surface area contributed by atoms with Crippen molar-refractivity contribution in [3.63, 3.8) is 0 Å². The monoisotopic (exact) mass is 343 g/mol. The average Bonchev–Trinajstić information content (AvgIpc) is 2.60. The van der Waals surface area contributed by atoms with Crippen molar-refractivity contribution in [2.45, 2.75) is 27.2 Å².